The number of ether oxygens (including phenoxy) is 2. The topological polar surface area (TPSA) is 88.1 Å². The van der Waals surface area contributed by atoms with Crippen molar-refractivity contribution >= 4 is 17.1 Å². The molecule has 0 amide bonds. The summed E-state index contributed by atoms with van der Waals surface area (Å²) in [5, 5.41) is 0. The average molecular weight is 277 g/mol. The first-order valence-corrected chi connectivity index (χ1v) is 6.92. The van der Waals surface area contributed by atoms with Gasteiger partial charge in [-0.25, -0.2) is 9.97 Å². The zero-order chi connectivity index (χ0) is 13.9. The summed E-state index contributed by atoms with van der Waals surface area (Å²) in [5.41, 5.74) is 7.22. The molecule has 1 aliphatic carbocycles. The molecule has 1 saturated carbocycles. The smallest absolute Gasteiger partial charge is 0.245 e. The lowest BCUT2D eigenvalue weighted by Crippen LogP contribution is -2.14. The van der Waals surface area contributed by atoms with E-state index in [0.29, 0.717) is 42.2 Å². The minimum atomic E-state index is 0.398. The molecular formula is C13H19N5O2. The van der Waals surface area contributed by atoms with Gasteiger partial charge in [-0.15, -0.1) is 0 Å². The van der Waals surface area contributed by atoms with Crippen molar-refractivity contribution in [3.8, 4) is 5.88 Å². The number of nitrogens with zero attached hydrogens (tertiary/aromatic N) is 4. The van der Waals surface area contributed by atoms with E-state index in [0.717, 1.165) is 12.8 Å². The molecule has 0 aliphatic heterocycles. The van der Waals surface area contributed by atoms with Crippen LogP contribution in [0.3, 0.4) is 0 Å². The van der Waals surface area contributed by atoms with Gasteiger partial charge in [-0.05, 0) is 12.8 Å². The largest absolute Gasteiger partial charge is 0.479 e. The van der Waals surface area contributed by atoms with Crippen LogP contribution < -0.4 is 10.5 Å². The molecule has 7 nitrogen and oxygen atoms in total. The number of fused-ring (bicyclic) bond motifs is 1. The molecule has 1 fully saturated rings. The average Bonchev–Trinajstić information content (AvgIpc) is 3.07. The predicted molar refractivity (Wildman–Crippen MR) is 74.5 cm³/mol. The van der Waals surface area contributed by atoms with E-state index in [1.54, 1.807) is 7.11 Å². The molecule has 0 spiro atoms. The van der Waals surface area contributed by atoms with E-state index in [-0.39, 0.29) is 0 Å². The van der Waals surface area contributed by atoms with Crippen molar-refractivity contribution in [3.05, 3.63) is 6.33 Å². The molecule has 20 heavy (non-hydrogen) atoms. The van der Waals surface area contributed by atoms with Gasteiger partial charge in [-0.1, -0.05) is 12.8 Å². The Morgan fingerprint density at radius 2 is 2.15 bits per heavy atom. The SMILES string of the molecule is COc1ncnc2c1nc(N)n2CCOC1CCCC1. The maximum atomic E-state index is 5.94. The number of methoxy groups -OCH3 is 1. The Morgan fingerprint density at radius 3 is 2.90 bits per heavy atom. The molecule has 0 bridgehead atoms. The summed E-state index contributed by atoms with van der Waals surface area (Å²) in [5.74, 6) is 0.853. The molecule has 1 aliphatic rings. The predicted octanol–water partition coefficient (Wildman–Crippen LogP) is 1.38. The van der Waals surface area contributed by atoms with Crippen LogP contribution in [0, 0.1) is 0 Å². The van der Waals surface area contributed by atoms with Crippen molar-refractivity contribution in [3.63, 3.8) is 0 Å². The Labute approximate surface area is 117 Å². The summed E-state index contributed by atoms with van der Waals surface area (Å²) < 4.78 is 12.9. The van der Waals surface area contributed by atoms with Gasteiger partial charge in [-0.3, -0.25) is 4.57 Å². The zero-order valence-corrected chi connectivity index (χ0v) is 11.6. The maximum Gasteiger partial charge on any atom is 0.245 e. The Morgan fingerprint density at radius 1 is 1.35 bits per heavy atom. The summed E-state index contributed by atoms with van der Waals surface area (Å²) in [6.45, 7) is 1.26. The normalized spacial score (nSPS) is 16.1. The highest BCUT2D eigenvalue weighted by molar-refractivity contribution is 5.78. The van der Waals surface area contributed by atoms with Gasteiger partial charge >= 0.3 is 0 Å². The first-order valence-electron chi connectivity index (χ1n) is 6.92. The van der Waals surface area contributed by atoms with Crippen molar-refractivity contribution in [1.29, 1.82) is 0 Å². The monoisotopic (exact) mass is 277 g/mol. The summed E-state index contributed by atoms with van der Waals surface area (Å²) in [7, 11) is 1.56. The fourth-order valence-corrected chi connectivity index (χ4v) is 2.67. The van der Waals surface area contributed by atoms with Crippen molar-refractivity contribution in [2.24, 2.45) is 0 Å². The Balaban J connectivity index is 1.75. The van der Waals surface area contributed by atoms with Crippen LogP contribution in [-0.4, -0.2) is 39.3 Å². The Kier molecular flexibility index (Phi) is 3.68. The van der Waals surface area contributed by atoms with Gasteiger partial charge in [0.2, 0.25) is 11.8 Å². The second kappa shape index (κ2) is 5.62. The van der Waals surface area contributed by atoms with Crippen molar-refractivity contribution in [2.45, 2.75) is 38.3 Å². The molecule has 0 aromatic carbocycles. The molecular weight excluding hydrogens is 258 g/mol. The van der Waals surface area contributed by atoms with Crippen molar-refractivity contribution in [2.75, 3.05) is 19.5 Å². The maximum absolute atomic E-state index is 5.94. The highest BCUT2D eigenvalue weighted by atomic mass is 16.5. The van der Waals surface area contributed by atoms with Crippen molar-refractivity contribution in [1.82, 2.24) is 19.5 Å². The third-order valence-electron chi connectivity index (χ3n) is 3.69. The van der Waals surface area contributed by atoms with Crippen LogP contribution in [0.1, 0.15) is 25.7 Å². The molecule has 3 rings (SSSR count). The number of nitrogens with two attached hydrogens (primary N) is 1. The standard InChI is InChI=1S/C13H19N5O2/c1-19-12-10-11(15-8-16-12)18(13(14)17-10)6-7-20-9-4-2-3-5-9/h8-9H,2-7H2,1H3,(H2,14,17). The van der Waals surface area contributed by atoms with Gasteiger partial charge in [0.05, 0.1) is 26.4 Å². The molecule has 108 valence electrons. The van der Waals surface area contributed by atoms with Crippen LogP contribution in [0.5, 0.6) is 5.88 Å². The zero-order valence-electron chi connectivity index (χ0n) is 11.6. The molecule has 0 saturated heterocycles. The molecule has 0 radical (unpaired) electrons. The number of hydrogen-bond acceptors (Lipinski definition) is 6. The van der Waals surface area contributed by atoms with E-state index < -0.39 is 0 Å². The minimum absolute atomic E-state index is 0.398. The van der Waals surface area contributed by atoms with Crippen molar-refractivity contribution < 1.29 is 9.47 Å². The van der Waals surface area contributed by atoms with E-state index in [4.69, 9.17) is 15.2 Å². The van der Waals surface area contributed by atoms with Gasteiger partial charge in [0.25, 0.3) is 0 Å². The van der Waals surface area contributed by atoms with Crippen LogP contribution >= 0.6 is 0 Å². The summed E-state index contributed by atoms with van der Waals surface area (Å²) >= 11 is 0. The van der Waals surface area contributed by atoms with E-state index in [9.17, 15) is 0 Å². The second-order valence-electron chi connectivity index (χ2n) is 4.95. The molecule has 2 aromatic heterocycles. The first kappa shape index (κ1) is 13.1. The summed E-state index contributed by atoms with van der Waals surface area (Å²) in [6.07, 6.45) is 6.72. The van der Waals surface area contributed by atoms with Gasteiger partial charge < -0.3 is 15.2 Å². The lowest BCUT2D eigenvalue weighted by atomic mass is 10.3. The molecule has 0 unspecified atom stereocenters. The van der Waals surface area contributed by atoms with Gasteiger partial charge in [0, 0.05) is 0 Å². The van der Waals surface area contributed by atoms with Crippen LogP contribution in [0.15, 0.2) is 6.33 Å². The molecule has 2 aromatic rings. The van der Waals surface area contributed by atoms with Gasteiger partial charge in [0.1, 0.15) is 6.33 Å². The first-order chi connectivity index (χ1) is 9.79. The van der Waals surface area contributed by atoms with E-state index in [1.807, 2.05) is 4.57 Å². The number of aromatic nitrogens is 4. The number of hydrogen-bond donors (Lipinski definition) is 1. The fourth-order valence-electron chi connectivity index (χ4n) is 2.67. The quantitative estimate of drug-likeness (QED) is 0.888. The second-order valence-corrected chi connectivity index (χ2v) is 4.95. The third-order valence-corrected chi connectivity index (χ3v) is 3.69. The lowest BCUT2D eigenvalue weighted by molar-refractivity contribution is 0.0536. The van der Waals surface area contributed by atoms with E-state index in [2.05, 4.69) is 15.0 Å². The van der Waals surface area contributed by atoms with E-state index in [1.165, 1.54) is 19.2 Å². The molecule has 7 heteroatoms. The lowest BCUT2D eigenvalue weighted by Gasteiger charge is -2.12. The minimum Gasteiger partial charge on any atom is -0.479 e. The number of nitrogen functional groups attached to an aromatic ring is 1. The number of imidazole rings is 1. The Hall–Kier alpha value is -1.89. The molecule has 0 atom stereocenters. The summed E-state index contributed by atoms with van der Waals surface area (Å²) in [6, 6.07) is 0. The van der Waals surface area contributed by atoms with Gasteiger partial charge in [0.15, 0.2) is 11.2 Å². The van der Waals surface area contributed by atoms with Crippen LogP contribution in [0.2, 0.25) is 0 Å². The highest BCUT2D eigenvalue weighted by Gasteiger charge is 2.17. The number of anilines is 1. The van der Waals surface area contributed by atoms with E-state index >= 15 is 0 Å². The fraction of sp³-hybridized carbons (Fsp3) is 0.615. The highest BCUT2D eigenvalue weighted by Crippen LogP contribution is 2.23. The van der Waals surface area contributed by atoms with Crippen LogP contribution in [0.25, 0.3) is 11.2 Å². The molecule has 2 N–H and O–H groups in total. The molecule has 2 heterocycles. The number of rotatable bonds is 5. The van der Waals surface area contributed by atoms with Crippen LogP contribution in [0.4, 0.5) is 5.95 Å². The van der Waals surface area contributed by atoms with Crippen LogP contribution in [-0.2, 0) is 11.3 Å². The Bertz CT molecular complexity index is 592. The third kappa shape index (κ3) is 2.40. The van der Waals surface area contributed by atoms with Gasteiger partial charge in [-0.2, -0.15) is 4.98 Å². The summed E-state index contributed by atoms with van der Waals surface area (Å²) in [4.78, 5) is 12.5.